The second-order valence-corrected chi connectivity index (χ2v) is 5.37. The summed E-state index contributed by atoms with van der Waals surface area (Å²) in [6, 6.07) is 14.2. The van der Waals surface area contributed by atoms with Gasteiger partial charge in [0.15, 0.2) is 0 Å². The third-order valence-electron chi connectivity index (χ3n) is 3.73. The van der Waals surface area contributed by atoms with Gasteiger partial charge < -0.3 is 15.2 Å². The van der Waals surface area contributed by atoms with Crippen molar-refractivity contribution < 1.29 is 14.3 Å². The molecule has 132 valence electrons. The van der Waals surface area contributed by atoms with Gasteiger partial charge in [0.25, 0.3) is 5.91 Å². The quantitative estimate of drug-likeness (QED) is 0.557. The molecule has 0 aliphatic heterocycles. The number of carbonyl (C=O) groups excluding carboxylic acids is 1. The molecule has 7 heteroatoms. The number of hydrogen-bond donors (Lipinski definition) is 2. The molecule has 0 bridgehead atoms. The van der Waals surface area contributed by atoms with Gasteiger partial charge in [-0.15, -0.1) is 0 Å². The Morgan fingerprint density at radius 1 is 1.12 bits per heavy atom. The smallest absolute Gasteiger partial charge is 0.258 e. The molecular weight excluding hydrogens is 332 g/mol. The van der Waals surface area contributed by atoms with E-state index in [1.54, 1.807) is 37.4 Å². The molecule has 0 radical (unpaired) electrons. The summed E-state index contributed by atoms with van der Waals surface area (Å²) < 4.78 is 10.6. The molecule has 0 aliphatic rings. The zero-order valence-electron chi connectivity index (χ0n) is 14.4. The van der Waals surface area contributed by atoms with Gasteiger partial charge in [0.2, 0.25) is 5.96 Å². The van der Waals surface area contributed by atoms with Crippen LogP contribution in [0.4, 0.5) is 5.69 Å². The van der Waals surface area contributed by atoms with E-state index in [0.29, 0.717) is 33.7 Å². The number of pyridine rings is 1. The zero-order chi connectivity index (χ0) is 18.5. The van der Waals surface area contributed by atoms with Crippen LogP contribution >= 0.6 is 0 Å². The monoisotopic (exact) mass is 350 g/mol. The minimum absolute atomic E-state index is 0.000948. The topological polar surface area (TPSA) is 98.8 Å². The fourth-order valence-corrected chi connectivity index (χ4v) is 2.52. The number of guanidine groups is 1. The van der Waals surface area contributed by atoms with Crippen LogP contribution in [-0.2, 0) is 0 Å². The van der Waals surface area contributed by atoms with E-state index < -0.39 is 5.91 Å². The fourth-order valence-electron chi connectivity index (χ4n) is 2.52. The van der Waals surface area contributed by atoms with Gasteiger partial charge in [0, 0.05) is 17.6 Å². The van der Waals surface area contributed by atoms with Crippen LogP contribution < -0.4 is 20.5 Å². The van der Waals surface area contributed by atoms with Crippen molar-refractivity contribution >= 4 is 28.5 Å². The Hall–Kier alpha value is -3.61. The Bertz CT molecular complexity index is 971. The molecule has 2 aromatic carbocycles. The number of aliphatic imine (C=N–C) groups is 1. The second kappa shape index (κ2) is 7.52. The number of fused-ring (bicyclic) bond motifs is 1. The van der Waals surface area contributed by atoms with Gasteiger partial charge in [0.1, 0.15) is 17.0 Å². The van der Waals surface area contributed by atoms with Crippen molar-refractivity contribution in [2.75, 3.05) is 14.2 Å². The van der Waals surface area contributed by atoms with Crippen LogP contribution in [0.15, 0.2) is 59.7 Å². The predicted molar refractivity (Wildman–Crippen MR) is 100 cm³/mol. The maximum atomic E-state index is 12.7. The third-order valence-corrected chi connectivity index (χ3v) is 3.73. The molecule has 3 N–H and O–H groups in total. The number of hydrogen-bond acceptors (Lipinski definition) is 5. The summed E-state index contributed by atoms with van der Waals surface area (Å²) in [5.41, 5.74) is 7.44. The Labute approximate surface area is 150 Å². The number of nitrogens with two attached hydrogens (primary N) is 1. The summed E-state index contributed by atoms with van der Waals surface area (Å²) >= 11 is 0. The van der Waals surface area contributed by atoms with Crippen molar-refractivity contribution in [3.63, 3.8) is 0 Å². The number of aromatic nitrogens is 1. The molecule has 3 rings (SSSR count). The van der Waals surface area contributed by atoms with E-state index in [4.69, 9.17) is 15.2 Å². The molecule has 0 atom stereocenters. The van der Waals surface area contributed by atoms with Crippen LogP contribution in [-0.4, -0.2) is 31.1 Å². The number of carbonyl (C=O) groups is 1. The Kier molecular flexibility index (Phi) is 4.98. The van der Waals surface area contributed by atoms with Crippen molar-refractivity contribution in [1.29, 1.82) is 0 Å². The summed E-state index contributed by atoms with van der Waals surface area (Å²) in [6.07, 6.45) is 1.54. The first-order valence-corrected chi connectivity index (χ1v) is 7.83. The van der Waals surface area contributed by atoms with Crippen LogP contribution in [0, 0.1) is 0 Å². The first-order valence-electron chi connectivity index (χ1n) is 7.83. The Morgan fingerprint density at radius 3 is 2.58 bits per heavy atom. The van der Waals surface area contributed by atoms with E-state index in [1.165, 1.54) is 13.3 Å². The zero-order valence-corrected chi connectivity index (χ0v) is 14.4. The van der Waals surface area contributed by atoms with Gasteiger partial charge in [-0.05, 0) is 24.3 Å². The minimum atomic E-state index is -0.398. The van der Waals surface area contributed by atoms with E-state index >= 15 is 0 Å². The van der Waals surface area contributed by atoms with Crippen molar-refractivity contribution in [2.45, 2.75) is 0 Å². The highest BCUT2D eigenvalue weighted by Gasteiger charge is 2.15. The molecule has 1 aromatic heterocycles. The normalized spacial score (nSPS) is 11.2. The average Bonchev–Trinajstić information content (AvgIpc) is 2.67. The van der Waals surface area contributed by atoms with E-state index in [0.717, 1.165) is 0 Å². The molecule has 0 fully saturated rings. The molecule has 1 heterocycles. The highest BCUT2D eigenvalue weighted by molar-refractivity contribution is 6.13. The van der Waals surface area contributed by atoms with Crippen molar-refractivity contribution in [3.05, 3.63) is 60.3 Å². The van der Waals surface area contributed by atoms with E-state index in [2.05, 4.69) is 15.3 Å². The number of nitrogens with zero attached hydrogens (tertiary/aromatic N) is 2. The van der Waals surface area contributed by atoms with E-state index in [9.17, 15) is 4.79 Å². The van der Waals surface area contributed by atoms with E-state index in [1.807, 2.05) is 18.2 Å². The Balaban J connectivity index is 1.97. The maximum absolute atomic E-state index is 12.7. The largest absolute Gasteiger partial charge is 0.497 e. The highest BCUT2D eigenvalue weighted by Crippen LogP contribution is 2.31. The SMILES string of the molecule is COc1cc(OC)c2nccc(C(=O)NC(N)=Nc3ccccc3)c2c1. The molecule has 0 aliphatic carbocycles. The summed E-state index contributed by atoms with van der Waals surface area (Å²) in [6.45, 7) is 0. The average molecular weight is 350 g/mol. The lowest BCUT2D eigenvalue weighted by Gasteiger charge is -2.11. The minimum Gasteiger partial charge on any atom is -0.497 e. The number of nitrogens with one attached hydrogen (secondary N) is 1. The van der Waals surface area contributed by atoms with Crippen molar-refractivity contribution in [3.8, 4) is 11.5 Å². The summed E-state index contributed by atoms with van der Waals surface area (Å²) in [4.78, 5) is 21.1. The number of methoxy groups -OCH3 is 2. The molecule has 1 amide bonds. The van der Waals surface area contributed by atoms with Crippen molar-refractivity contribution in [2.24, 2.45) is 10.7 Å². The molecule has 0 saturated heterocycles. The van der Waals surface area contributed by atoms with Crippen LogP contribution in [0.5, 0.6) is 11.5 Å². The summed E-state index contributed by atoms with van der Waals surface area (Å²) in [5, 5.41) is 3.18. The fraction of sp³-hybridized carbons (Fsp3) is 0.105. The molecule has 0 saturated carbocycles. The standard InChI is InChI=1S/C19H18N4O3/c1-25-13-10-15-14(8-9-21-17(15)16(11-13)26-2)18(24)23-19(20)22-12-6-4-3-5-7-12/h3-11H,1-2H3,(H3,20,22,23,24). The van der Waals surface area contributed by atoms with Crippen molar-refractivity contribution in [1.82, 2.24) is 10.3 Å². The van der Waals surface area contributed by atoms with Gasteiger partial charge in [0.05, 0.1) is 25.5 Å². The van der Waals surface area contributed by atoms with Gasteiger partial charge in [-0.2, -0.15) is 0 Å². The number of benzene rings is 2. The lowest BCUT2D eigenvalue weighted by molar-refractivity contribution is 0.0978. The van der Waals surface area contributed by atoms with E-state index in [-0.39, 0.29) is 5.96 Å². The lowest BCUT2D eigenvalue weighted by atomic mass is 10.1. The number of para-hydroxylation sites is 1. The van der Waals surface area contributed by atoms with Gasteiger partial charge in [-0.25, -0.2) is 4.99 Å². The third kappa shape index (κ3) is 3.56. The highest BCUT2D eigenvalue weighted by atomic mass is 16.5. The molecule has 0 unspecified atom stereocenters. The first kappa shape index (κ1) is 17.2. The van der Waals surface area contributed by atoms with Crippen LogP contribution in [0.2, 0.25) is 0 Å². The second-order valence-electron chi connectivity index (χ2n) is 5.37. The van der Waals surface area contributed by atoms with Crippen LogP contribution in [0.3, 0.4) is 0 Å². The first-order chi connectivity index (χ1) is 12.6. The summed E-state index contributed by atoms with van der Waals surface area (Å²) in [7, 11) is 3.08. The Morgan fingerprint density at radius 2 is 1.88 bits per heavy atom. The van der Waals surface area contributed by atoms with Crippen LogP contribution in [0.1, 0.15) is 10.4 Å². The summed E-state index contributed by atoms with van der Waals surface area (Å²) in [5.74, 6) is 0.674. The van der Waals surface area contributed by atoms with Gasteiger partial charge in [-0.1, -0.05) is 18.2 Å². The molecule has 7 nitrogen and oxygen atoms in total. The molecular formula is C19H18N4O3. The van der Waals surface area contributed by atoms with Gasteiger partial charge >= 0.3 is 0 Å². The number of ether oxygens (including phenoxy) is 2. The number of rotatable bonds is 4. The predicted octanol–water partition coefficient (Wildman–Crippen LogP) is 2.63. The lowest BCUT2D eigenvalue weighted by Crippen LogP contribution is -2.36. The number of amides is 1. The molecule has 0 spiro atoms. The molecule has 3 aromatic rings. The van der Waals surface area contributed by atoms with Gasteiger partial charge in [-0.3, -0.25) is 15.1 Å². The van der Waals surface area contributed by atoms with Crippen LogP contribution in [0.25, 0.3) is 10.9 Å². The molecule has 26 heavy (non-hydrogen) atoms. The maximum Gasteiger partial charge on any atom is 0.258 e.